The minimum atomic E-state index is -4.47. The summed E-state index contributed by atoms with van der Waals surface area (Å²) in [5.41, 5.74) is 0.899. The van der Waals surface area contributed by atoms with Gasteiger partial charge in [0.25, 0.3) is 0 Å². The smallest absolute Gasteiger partial charge is 0.342 e. The summed E-state index contributed by atoms with van der Waals surface area (Å²) < 4.78 is 39.9. The molecule has 4 nitrogen and oxygen atoms in total. The molecule has 1 amide bonds. The maximum Gasteiger partial charge on any atom is 0.418 e. The molecule has 3 rings (SSSR count). The van der Waals surface area contributed by atoms with Gasteiger partial charge in [-0.05, 0) is 30.2 Å². The minimum Gasteiger partial charge on any atom is -0.342 e. The number of benzene rings is 2. The van der Waals surface area contributed by atoms with Crippen LogP contribution in [0.25, 0.3) is 10.2 Å². The zero-order valence-corrected chi connectivity index (χ0v) is 15.6. The summed E-state index contributed by atoms with van der Waals surface area (Å²) in [4.78, 5) is 18.0. The summed E-state index contributed by atoms with van der Waals surface area (Å²) in [5, 5.41) is 3.21. The number of aromatic nitrogens is 1. The van der Waals surface area contributed by atoms with Crippen LogP contribution in [0.4, 0.5) is 24.0 Å². The third-order valence-electron chi connectivity index (χ3n) is 4.09. The van der Waals surface area contributed by atoms with Gasteiger partial charge in [-0.25, -0.2) is 4.98 Å². The van der Waals surface area contributed by atoms with Crippen LogP contribution in [0.1, 0.15) is 18.1 Å². The summed E-state index contributed by atoms with van der Waals surface area (Å²) in [6.45, 7) is 1.98. The molecular formula is C19H18F3N3OS. The van der Waals surface area contributed by atoms with Crippen LogP contribution in [0.2, 0.25) is 0 Å². The standard InChI is InChI=1S/C19H18F3N3OS/c1-3-12-7-4-5-9-14(12)23-16(26)11-25(2)18-24-17-13(19(20,21)22)8-6-10-15(17)27-18/h4-10H,3,11H2,1-2H3,(H,23,26). The van der Waals surface area contributed by atoms with Crippen molar-refractivity contribution in [2.24, 2.45) is 0 Å². The van der Waals surface area contributed by atoms with Crippen molar-refractivity contribution in [2.45, 2.75) is 19.5 Å². The van der Waals surface area contributed by atoms with E-state index in [2.05, 4.69) is 10.3 Å². The fourth-order valence-corrected chi connectivity index (χ4v) is 3.71. The first-order valence-electron chi connectivity index (χ1n) is 8.35. The van der Waals surface area contributed by atoms with E-state index in [1.807, 2.05) is 31.2 Å². The van der Waals surface area contributed by atoms with Crippen molar-refractivity contribution in [3.05, 3.63) is 53.6 Å². The number of amides is 1. The lowest BCUT2D eigenvalue weighted by molar-refractivity contribution is -0.136. The lowest BCUT2D eigenvalue weighted by Crippen LogP contribution is -2.30. The van der Waals surface area contributed by atoms with Crippen molar-refractivity contribution in [1.82, 2.24) is 4.98 Å². The number of rotatable bonds is 5. The molecule has 0 unspecified atom stereocenters. The SMILES string of the molecule is CCc1ccccc1NC(=O)CN(C)c1nc2c(C(F)(F)F)cccc2s1. The summed E-state index contributed by atoms with van der Waals surface area (Å²) in [6, 6.07) is 11.5. The molecule has 0 aliphatic carbocycles. The quantitative estimate of drug-likeness (QED) is 0.667. The van der Waals surface area contributed by atoms with E-state index < -0.39 is 11.7 Å². The Labute approximate surface area is 158 Å². The predicted molar refractivity (Wildman–Crippen MR) is 102 cm³/mol. The topological polar surface area (TPSA) is 45.2 Å². The molecule has 3 aromatic rings. The van der Waals surface area contributed by atoms with Gasteiger partial charge < -0.3 is 10.2 Å². The number of nitrogens with zero attached hydrogens (tertiary/aromatic N) is 2. The highest BCUT2D eigenvalue weighted by atomic mass is 32.1. The minimum absolute atomic E-state index is 0.0147. The van der Waals surface area contributed by atoms with E-state index in [9.17, 15) is 18.0 Å². The molecule has 1 N–H and O–H groups in total. The number of para-hydroxylation sites is 2. The van der Waals surface area contributed by atoms with Gasteiger partial charge in [-0.2, -0.15) is 13.2 Å². The predicted octanol–water partition coefficient (Wildman–Crippen LogP) is 4.95. The fourth-order valence-electron chi connectivity index (χ4n) is 2.75. The highest BCUT2D eigenvalue weighted by molar-refractivity contribution is 7.22. The number of carbonyl (C=O) groups excluding carboxylic acids is 1. The van der Waals surface area contributed by atoms with E-state index in [-0.39, 0.29) is 18.0 Å². The van der Waals surface area contributed by atoms with Crippen LogP contribution in [0.3, 0.4) is 0 Å². The van der Waals surface area contributed by atoms with Crippen molar-refractivity contribution in [3.8, 4) is 0 Å². The molecule has 8 heteroatoms. The molecular weight excluding hydrogens is 375 g/mol. The molecule has 0 bridgehead atoms. The third kappa shape index (κ3) is 4.21. The average molecular weight is 393 g/mol. The molecule has 1 aromatic heterocycles. The summed E-state index contributed by atoms with van der Waals surface area (Å²) >= 11 is 1.13. The molecule has 2 aromatic carbocycles. The first kappa shape index (κ1) is 19.2. The van der Waals surface area contributed by atoms with E-state index in [1.54, 1.807) is 18.0 Å². The molecule has 0 saturated heterocycles. The summed E-state index contributed by atoms with van der Waals surface area (Å²) in [6.07, 6.45) is -3.69. The van der Waals surface area contributed by atoms with Gasteiger partial charge >= 0.3 is 6.18 Å². The highest BCUT2D eigenvalue weighted by Crippen LogP contribution is 2.38. The van der Waals surface area contributed by atoms with Crippen LogP contribution in [-0.4, -0.2) is 24.5 Å². The molecule has 0 aliphatic heterocycles. The van der Waals surface area contributed by atoms with E-state index >= 15 is 0 Å². The van der Waals surface area contributed by atoms with Gasteiger partial charge in [-0.1, -0.05) is 42.5 Å². The largest absolute Gasteiger partial charge is 0.418 e. The number of hydrogen-bond acceptors (Lipinski definition) is 4. The monoisotopic (exact) mass is 393 g/mol. The van der Waals surface area contributed by atoms with Gasteiger partial charge in [0.1, 0.15) is 0 Å². The average Bonchev–Trinajstić information content (AvgIpc) is 3.05. The van der Waals surface area contributed by atoms with Gasteiger partial charge in [-0.3, -0.25) is 4.79 Å². The zero-order chi connectivity index (χ0) is 19.6. The third-order valence-corrected chi connectivity index (χ3v) is 5.23. The number of aryl methyl sites for hydroxylation is 1. The Kier molecular flexibility index (Phi) is 5.36. The number of thiazole rings is 1. The fraction of sp³-hybridized carbons (Fsp3) is 0.263. The van der Waals surface area contributed by atoms with E-state index in [4.69, 9.17) is 0 Å². The number of likely N-dealkylation sites (N-methyl/N-ethyl adjacent to an activating group) is 1. The molecule has 27 heavy (non-hydrogen) atoms. The van der Waals surface area contributed by atoms with Crippen molar-refractivity contribution in [2.75, 3.05) is 23.8 Å². The molecule has 0 saturated carbocycles. The number of anilines is 2. The molecule has 0 spiro atoms. The molecule has 0 aliphatic rings. The number of alkyl halides is 3. The van der Waals surface area contributed by atoms with Gasteiger partial charge in [0.15, 0.2) is 5.13 Å². The lowest BCUT2D eigenvalue weighted by atomic mass is 10.1. The Morgan fingerprint density at radius 3 is 2.63 bits per heavy atom. The molecule has 0 fully saturated rings. The number of hydrogen-bond donors (Lipinski definition) is 1. The zero-order valence-electron chi connectivity index (χ0n) is 14.8. The van der Waals surface area contributed by atoms with Gasteiger partial charge in [0.2, 0.25) is 5.91 Å². The highest BCUT2D eigenvalue weighted by Gasteiger charge is 2.34. The molecule has 0 radical (unpaired) electrons. The van der Waals surface area contributed by atoms with Crippen LogP contribution >= 0.6 is 11.3 Å². The van der Waals surface area contributed by atoms with Crippen LogP contribution in [0, 0.1) is 0 Å². The Balaban J connectivity index is 1.78. The molecule has 142 valence electrons. The first-order valence-corrected chi connectivity index (χ1v) is 9.17. The Morgan fingerprint density at radius 1 is 1.19 bits per heavy atom. The van der Waals surface area contributed by atoms with E-state index in [0.29, 0.717) is 9.83 Å². The van der Waals surface area contributed by atoms with Gasteiger partial charge in [0, 0.05) is 12.7 Å². The Bertz CT molecular complexity index is 968. The number of halogens is 3. The first-order chi connectivity index (χ1) is 12.8. The van der Waals surface area contributed by atoms with Crippen molar-refractivity contribution in [3.63, 3.8) is 0 Å². The number of fused-ring (bicyclic) bond motifs is 1. The van der Waals surface area contributed by atoms with Gasteiger partial charge in [0.05, 0.1) is 22.3 Å². The Morgan fingerprint density at radius 2 is 1.93 bits per heavy atom. The second-order valence-corrected chi connectivity index (χ2v) is 7.07. The number of nitrogens with one attached hydrogen (secondary N) is 1. The van der Waals surface area contributed by atoms with Crippen molar-refractivity contribution >= 4 is 38.3 Å². The lowest BCUT2D eigenvalue weighted by Gasteiger charge is -2.16. The van der Waals surface area contributed by atoms with Gasteiger partial charge in [-0.15, -0.1) is 0 Å². The summed E-state index contributed by atoms with van der Waals surface area (Å²) in [5.74, 6) is -0.256. The van der Waals surface area contributed by atoms with Crippen molar-refractivity contribution in [1.29, 1.82) is 0 Å². The number of carbonyl (C=O) groups is 1. The molecule has 1 heterocycles. The van der Waals surface area contributed by atoms with Crippen LogP contribution in [-0.2, 0) is 17.4 Å². The second-order valence-electron chi connectivity index (χ2n) is 6.06. The second kappa shape index (κ2) is 7.56. The van der Waals surface area contributed by atoms with E-state index in [0.717, 1.165) is 35.1 Å². The van der Waals surface area contributed by atoms with Crippen LogP contribution in [0.15, 0.2) is 42.5 Å². The van der Waals surface area contributed by atoms with Crippen LogP contribution < -0.4 is 10.2 Å². The van der Waals surface area contributed by atoms with Crippen LogP contribution in [0.5, 0.6) is 0 Å². The molecule has 0 atom stereocenters. The van der Waals surface area contributed by atoms with Crippen molar-refractivity contribution < 1.29 is 18.0 Å². The Hall–Kier alpha value is -2.61. The van der Waals surface area contributed by atoms with E-state index in [1.165, 1.54) is 6.07 Å². The summed E-state index contributed by atoms with van der Waals surface area (Å²) in [7, 11) is 1.64. The maximum absolute atomic E-state index is 13.1. The normalized spacial score (nSPS) is 11.6. The maximum atomic E-state index is 13.1.